The van der Waals surface area contributed by atoms with Gasteiger partial charge in [0.05, 0.1) is 5.56 Å². The number of anilines is 1. The van der Waals surface area contributed by atoms with Crippen LogP contribution < -0.4 is 10.5 Å². The summed E-state index contributed by atoms with van der Waals surface area (Å²) in [5.41, 5.74) is 5.89. The SMILES string of the molecule is CC(C)(C)OC(=O)c1cc(Oc2ccc(Cl)cc2)ccc1N. The molecule has 0 amide bonds. The number of ether oxygens (including phenoxy) is 2. The number of carbonyl (C=O) groups excluding carboxylic acids is 1. The summed E-state index contributed by atoms with van der Waals surface area (Å²) in [6.07, 6.45) is 0. The molecule has 116 valence electrons. The molecule has 0 radical (unpaired) electrons. The minimum absolute atomic E-state index is 0.279. The van der Waals surface area contributed by atoms with E-state index in [0.717, 1.165) is 0 Å². The third-order valence-corrected chi connectivity index (χ3v) is 2.94. The van der Waals surface area contributed by atoms with Gasteiger partial charge in [0.15, 0.2) is 0 Å². The van der Waals surface area contributed by atoms with E-state index >= 15 is 0 Å². The molecule has 0 atom stereocenters. The zero-order chi connectivity index (χ0) is 16.3. The second kappa shape index (κ2) is 6.28. The van der Waals surface area contributed by atoms with Gasteiger partial charge in [0.1, 0.15) is 17.1 Å². The predicted octanol–water partition coefficient (Wildman–Crippen LogP) is 4.67. The standard InChI is InChI=1S/C17H18ClNO3/c1-17(2,3)22-16(20)14-10-13(8-9-15(14)19)21-12-6-4-11(18)5-7-12/h4-10H,19H2,1-3H3. The lowest BCUT2D eigenvalue weighted by atomic mass is 10.1. The topological polar surface area (TPSA) is 61.5 Å². The summed E-state index contributed by atoms with van der Waals surface area (Å²) < 4.78 is 11.0. The highest BCUT2D eigenvalue weighted by atomic mass is 35.5. The Labute approximate surface area is 134 Å². The van der Waals surface area contributed by atoms with Gasteiger partial charge in [-0.05, 0) is 63.2 Å². The van der Waals surface area contributed by atoms with E-state index in [1.807, 2.05) is 0 Å². The van der Waals surface area contributed by atoms with Gasteiger partial charge in [-0.3, -0.25) is 0 Å². The van der Waals surface area contributed by atoms with E-state index in [2.05, 4.69) is 0 Å². The first-order valence-electron chi connectivity index (χ1n) is 6.81. The van der Waals surface area contributed by atoms with Crippen LogP contribution in [0.25, 0.3) is 0 Å². The highest BCUT2D eigenvalue weighted by Gasteiger charge is 2.20. The maximum Gasteiger partial charge on any atom is 0.340 e. The molecule has 0 fully saturated rings. The third-order valence-electron chi connectivity index (χ3n) is 2.69. The van der Waals surface area contributed by atoms with Gasteiger partial charge in [-0.2, -0.15) is 0 Å². The van der Waals surface area contributed by atoms with E-state index in [0.29, 0.717) is 22.2 Å². The van der Waals surface area contributed by atoms with Crippen molar-refractivity contribution in [3.63, 3.8) is 0 Å². The fraction of sp³-hybridized carbons (Fsp3) is 0.235. The van der Waals surface area contributed by atoms with E-state index in [4.69, 9.17) is 26.8 Å². The quantitative estimate of drug-likeness (QED) is 0.659. The van der Waals surface area contributed by atoms with Gasteiger partial charge in [0, 0.05) is 10.7 Å². The van der Waals surface area contributed by atoms with Crippen molar-refractivity contribution < 1.29 is 14.3 Å². The summed E-state index contributed by atoms with van der Waals surface area (Å²) >= 11 is 5.83. The molecule has 0 saturated heterocycles. The Balaban J connectivity index is 2.22. The lowest BCUT2D eigenvalue weighted by Gasteiger charge is -2.20. The van der Waals surface area contributed by atoms with Crippen LogP contribution in [0.4, 0.5) is 5.69 Å². The number of hydrogen-bond acceptors (Lipinski definition) is 4. The Bertz CT molecular complexity index is 675. The molecule has 2 N–H and O–H groups in total. The van der Waals surface area contributed by atoms with Gasteiger partial charge in [-0.1, -0.05) is 11.6 Å². The number of halogens is 1. The van der Waals surface area contributed by atoms with Crippen molar-refractivity contribution in [1.29, 1.82) is 0 Å². The lowest BCUT2D eigenvalue weighted by Crippen LogP contribution is -2.24. The van der Waals surface area contributed by atoms with Crippen molar-refractivity contribution in [2.45, 2.75) is 26.4 Å². The molecule has 2 aromatic rings. The van der Waals surface area contributed by atoms with Crippen molar-refractivity contribution in [1.82, 2.24) is 0 Å². The number of carbonyl (C=O) groups is 1. The van der Waals surface area contributed by atoms with Crippen molar-refractivity contribution in [3.8, 4) is 11.5 Å². The smallest absolute Gasteiger partial charge is 0.340 e. The Hall–Kier alpha value is -2.20. The summed E-state index contributed by atoms with van der Waals surface area (Å²) in [5.74, 6) is 0.633. The molecule has 2 aromatic carbocycles. The fourth-order valence-electron chi connectivity index (χ4n) is 1.75. The predicted molar refractivity (Wildman–Crippen MR) is 87.5 cm³/mol. The van der Waals surface area contributed by atoms with Crippen LogP contribution in [0, 0.1) is 0 Å². The second-order valence-corrected chi connectivity index (χ2v) is 6.24. The summed E-state index contributed by atoms with van der Waals surface area (Å²) in [6, 6.07) is 11.8. The molecule has 0 saturated carbocycles. The van der Waals surface area contributed by atoms with Gasteiger partial charge < -0.3 is 15.2 Å². The van der Waals surface area contributed by atoms with Gasteiger partial charge in [-0.25, -0.2) is 4.79 Å². The van der Waals surface area contributed by atoms with E-state index in [9.17, 15) is 4.79 Å². The Morgan fingerprint density at radius 3 is 2.23 bits per heavy atom. The molecule has 0 aliphatic rings. The molecule has 0 spiro atoms. The minimum Gasteiger partial charge on any atom is -0.457 e. The Morgan fingerprint density at radius 2 is 1.64 bits per heavy atom. The van der Waals surface area contributed by atoms with Crippen LogP contribution in [0.5, 0.6) is 11.5 Å². The monoisotopic (exact) mass is 319 g/mol. The fourth-order valence-corrected chi connectivity index (χ4v) is 1.87. The average Bonchev–Trinajstić information content (AvgIpc) is 2.41. The van der Waals surface area contributed by atoms with Crippen molar-refractivity contribution in [2.75, 3.05) is 5.73 Å². The molecule has 0 bridgehead atoms. The van der Waals surface area contributed by atoms with Gasteiger partial charge >= 0.3 is 5.97 Å². The van der Waals surface area contributed by atoms with Crippen LogP contribution in [0.3, 0.4) is 0 Å². The van der Waals surface area contributed by atoms with Gasteiger partial charge in [-0.15, -0.1) is 0 Å². The number of rotatable bonds is 3. The largest absolute Gasteiger partial charge is 0.457 e. The third kappa shape index (κ3) is 4.40. The van der Waals surface area contributed by atoms with Crippen LogP contribution in [-0.2, 0) is 4.74 Å². The summed E-state index contributed by atoms with van der Waals surface area (Å²) in [5, 5.41) is 0.624. The Morgan fingerprint density at radius 1 is 1.05 bits per heavy atom. The molecule has 4 nitrogen and oxygen atoms in total. The van der Waals surface area contributed by atoms with Crippen molar-refractivity contribution in [3.05, 3.63) is 53.1 Å². The number of benzene rings is 2. The van der Waals surface area contributed by atoms with Gasteiger partial charge in [0.2, 0.25) is 0 Å². The molecule has 0 aliphatic carbocycles. The molecule has 5 heteroatoms. The average molecular weight is 320 g/mol. The minimum atomic E-state index is -0.587. The number of hydrogen-bond donors (Lipinski definition) is 1. The van der Waals surface area contributed by atoms with Crippen LogP contribution in [0.2, 0.25) is 5.02 Å². The number of nitrogens with two attached hydrogens (primary N) is 1. The Kier molecular flexibility index (Phi) is 4.62. The molecular formula is C17H18ClNO3. The molecule has 0 aliphatic heterocycles. The summed E-state index contributed by atoms with van der Waals surface area (Å²) in [7, 11) is 0. The first-order chi connectivity index (χ1) is 10.2. The number of esters is 1. The molecule has 0 aromatic heterocycles. The molecular weight excluding hydrogens is 302 g/mol. The summed E-state index contributed by atoms with van der Waals surface area (Å²) in [6.45, 7) is 5.40. The van der Waals surface area contributed by atoms with Crippen molar-refractivity contribution >= 4 is 23.3 Å². The number of nitrogen functional groups attached to an aromatic ring is 1. The zero-order valence-corrected chi connectivity index (χ0v) is 13.5. The highest BCUT2D eigenvalue weighted by Crippen LogP contribution is 2.27. The molecule has 0 unspecified atom stereocenters. The maximum atomic E-state index is 12.2. The lowest BCUT2D eigenvalue weighted by molar-refractivity contribution is 0.00705. The molecule has 2 rings (SSSR count). The normalized spacial score (nSPS) is 11.1. The van der Waals surface area contributed by atoms with E-state index in [-0.39, 0.29) is 5.56 Å². The second-order valence-electron chi connectivity index (χ2n) is 5.81. The van der Waals surface area contributed by atoms with Crippen LogP contribution >= 0.6 is 11.6 Å². The summed E-state index contributed by atoms with van der Waals surface area (Å²) in [4.78, 5) is 12.2. The highest BCUT2D eigenvalue weighted by molar-refractivity contribution is 6.30. The van der Waals surface area contributed by atoms with Crippen LogP contribution in [-0.4, -0.2) is 11.6 Å². The van der Waals surface area contributed by atoms with Crippen LogP contribution in [0.15, 0.2) is 42.5 Å². The van der Waals surface area contributed by atoms with E-state index in [1.165, 1.54) is 0 Å². The first-order valence-corrected chi connectivity index (χ1v) is 7.19. The van der Waals surface area contributed by atoms with E-state index < -0.39 is 11.6 Å². The van der Waals surface area contributed by atoms with Crippen molar-refractivity contribution in [2.24, 2.45) is 0 Å². The maximum absolute atomic E-state index is 12.2. The zero-order valence-electron chi connectivity index (χ0n) is 12.7. The van der Waals surface area contributed by atoms with E-state index in [1.54, 1.807) is 63.2 Å². The first kappa shape index (κ1) is 16.2. The van der Waals surface area contributed by atoms with Crippen LogP contribution in [0.1, 0.15) is 31.1 Å². The molecule has 0 heterocycles. The molecule has 22 heavy (non-hydrogen) atoms. The van der Waals surface area contributed by atoms with Gasteiger partial charge in [0.25, 0.3) is 0 Å².